The molecule has 0 aliphatic rings. The van der Waals surface area contributed by atoms with E-state index in [0.717, 1.165) is 37.2 Å². The van der Waals surface area contributed by atoms with E-state index in [4.69, 9.17) is 0 Å². The van der Waals surface area contributed by atoms with E-state index in [1.807, 2.05) is 13.1 Å². The molecule has 0 aliphatic heterocycles. The zero-order valence-corrected chi connectivity index (χ0v) is 13.5. The van der Waals surface area contributed by atoms with Crippen LogP contribution < -0.4 is 10.2 Å². The Morgan fingerprint density at radius 2 is 2.10 bits per heavy atom. The minimum absolute atomic E-state index is 0.126. The molecule has 0 aliphatic carbocycles. The van der Waals surface area contributed by atoms with Gasteiger partial charge < -0.3 is 10.2 Å². The monoisotopic (exact) mass is 306 g/mol. The first kappa shape index (κ1) is 16.0. The maximum absolute atomic E-state index is 14.1. The summed E-state index contributed by atoms with van der Waals surface area (Å²) >= 11 is 1.77. The molecule has 0 fully saturated rings. The van der Waals surface area contributed by atoms with Crippen LogP contribution in [0.3, 0.4) is 0 Å². The summed E-state index contributed by atoms with van der Waals surface area (Å²) in [5.74, 6) is -0.126. The van der Waals surface area contributed by atoms with E-state index in [9.17, 15) is 4.39 Å². The van der Waals surface area contributed by atoms with Crippen molar-refractivity contribution in [3.63, 3.8) is 0 Å². The maximum Gasteiger partial charge on any atom is 0.129 e. The molecular weight excluding hydrogens is 283 g/mol. The second-order valence-electron chi connectivity index (χ2n) is 5.17. The summed E-state index contributed by atoms with van der Waals surface area (Å²) in [6.07, 6.45) is 2.05. The smallest absolute Gasteiger partial charge is 0.129 e. The molecule has 0 unspecified atom stereocenters. The third-order valence-corrected chi connectivity index (χ3v) is 4.44. The van der Waals surface area contributed by atoms with Crippen LogP contribution in [-0.2, 0) is 13.0 Å². The lowest BCUT2D eigenvalue weighted by molar-refractivity contribution is 0.585. The van der Waals surface area contributed by atoms with Gasteiger partial charge in [-0.05, 0) is 43.0 Å². The van der Waals surface area contributed by atoms with Crippen LogP contribution >= 0.6 is 11.3 Å². The summed E-state index contributed by atoms with van der Waals surface area (Å²) in [6.45, 7) is 4.50. The first-order valence-corrected chi connectivity index (χ1v) is 8.32. The number of thiophene rings is 1. The van der Waals surface area contributed by atoms with Crippen molar-refractivity contribution >= 4 is 17.0 Å². The van der Waals surface area contributed by atoms with E-state index in [1.165, 1.54) is 4.88 Å². The number of rotatable bonds is 8. The lowest BCUT2D eigenvalue weighted by Crippen LogP contribution is -2.24. The third-order valence-electron chi connectivity index (χ3n) is 3.51. The molecule has 4 heteroatoms. The molecule has 2 rings (SSSR count). The van der Waals surface area contributed by atoms with Gasteiger partial charge in [0, 0.05) is 36.3 Å². The highest BCUT2D eigenvalue weighted by atomic mass is 32.1. The standard InChI is InChI=1S/C17H23FN2S/c1-3-10-19-13-15-16(18)7-4-8-17(15)20(2)11-9-14-6-5-12-21-14/h4-8,12,19H,3,9-11,13H2,1-2H3. The number of hydrogen-bond donors (Lipinski definition) is 1. The fraction of sp³-hybridized carbons (Fsp3) is 0.412. The minimum Gasteiger partial charge on any atom is -0.374 e. The molecule has 114 valence electrons. The predicted octanol–water partition coefficient (Wildman–Crippen LogP) is 4.07. The molecule has 0 amide bonds. The summed E-state index contributed by atoms with van der Waals surface area (Å²) in [5.41, 5.74) is 1.75. The highest BCUT2D eigenvalue weighted by Crippen LogP contribution is 2.23. The van der Waals surface area contributed by atoms with Crippen LogP contribution in [0.1, 0.15) is 23.8 Å². The molecule has 2 nitrogen and oxygen atoms in total. The van der Waals surface area contributed by atoms with Gasteiger partial charge in [0.15, 0.2) is 0 Å². The summed E-state index contributed by atoms with van der Waals surface area (Å²) in [6, 6.07) is 9.55. The van der Waals surface area contributed by atoms with E-state index < -0.39 is 0 Å². The van der Waals surface area contributed by atoms with Crippen molar-refractivity contribution in [1.82, 2.24) is 5.32 Å². The number of halogens is 1. The van der Waals surface area contributed by atoms with Gasteiger partial charge in [-0.1, -0.05) is 19.1 Å². The summed E-state index contributed by atoms with van der Waals surface area (Å²) in [5, 5.41) is 5.39. The molecule has 0 spiro atoms. The van der Waals surface area contributed by atoms with Gasteiger partial charge in [-0.15, -0.1) is 11.3 Å². The van der Waals surface area contributed by atoms with Gasteiger partial charge in [-0.25, -0.2) is 4.39 Å². The molecule has 1 N–H and O–H groups in total. The quantitative estimate of drug-likeness (QED) is 0.740. The summed E-state index contributed by atoms with van der Waals surface area (Å²) < 4.78 is 14.1. The van der Waals surface area contributed by atoms with E-state index in [-0.39, 0.29) is 5.82 Å². The number of benzene rings is 1. The number of nitrogens with zero attached hydrogens (tertiary/aromatic N) is 1. The summed E-state index contributed by atoms with van der Waals surface area (Å²) in [4.78, 5) is 3.51. The molecule has 1 aromatic carbocycles. The van der Waals surface area contributed by atoms with Crippen LogP contribution in [0.15, 0.2) is 35.7 Å². The van der Waals surface area contributed by atoms with Gasteiger partial charge in [-0.3, -0.25) is 0 Å². The Bertz CT molecular complexity index is 540. The second kappa shape index (κ2) is 8.15. The maximum atomic E-state index is 14.1. The SMILES string of the molecule is CCCNCc1c(F)cccc1N(C)CCc1cccs1. The van der Waals surface area contributed by atoms with Crippen LogP contribution in [-0.4, -0.2) is 20.1 Å². The molecule has 21 heavy (non-hydrogen) atoms. The summed E-state index contributed by atoms with van der Waals surface area (Å²) in [7, 11) is 2.03. The minimum atomic E-state index is -0.126. The molecule has 0 radical (unpaired) electrons. The average molecular weight is 306 g/mol. The van der Waals surface area contributed by atoms with Gasteiger partial charge in [-0.2, -0.15) is 0 Å². The van der Waals surface area contributed by atoms with Gasteiger partial charge in [0.2, 0.25) is 0 Å². The largest absolute Gasteiger partial charge is 0.374 e. The molecule has 0 saturated carbocycles. The van der Waals surface area contributed by atoms with Crippen LogP contribution in [0.4, 0.5) is 10.1 Å². The van der Waals surface area contributed by atoms with E-state index >= 15 is 0 Å². The molecule has 1 aromatic heterocycles. The Hall–Kier alpha value is -1.39. The molecular formula is C17H23FN2S. The molecule has 0 atom stereocenters. The van der Waals surface area contributed by atoms with Gasteiger partial charge in [0.25, 0.3) is 0 Å². The van der Waals surface area contributed by atoms with E-state index in [0.29, 0.717) is 6.54 Å². The van der Waals surface area contributed by atoms with Crippen LogP contribution in [0.25, 0.3) is 0 Å². The third kappa shape index (κ3) is 4.55. The first-order valence-electron chi connectivity index (χ1n) is 7.44. The zero-order valence-electron chi connectivity index (χ0n) is 12.7. The Morgan fingerprint density at radius 3 is 2.81 bits per heavy atom. The van der Waals surface area contributed by atoms with Crippen LogP contribution in [0.5, 0.6) is 0 Å². The molecule has 2 aromatic rings. The molecule has 1 heterocycles. The number of likely N-dealkylation sites (N-methyl/N-ethyl adjacent to an activating group) is 1. The fourth-order valence-electron chi connectivity index (χ4n) is 2.32. The van der Waals surface area contributed by atoms with Crippen molar-refractivity contribution in [2.24, 2.45) is 0 Å². The van der Waals surface area contributed by atoms with Crippen molar-refractivity contribution in [2.45, 2.75) is 26.3 Å². The van der Waals surface area contributed by atoms with Gasteiger partial charge >= 0.3 is 0 Å². The zero-order chi connectivity index (χ0) is 15.1. The topological polar surface area (TPSA) is 15.3 Å². The second-order valence-corrected chi connectivity index (χ2v) is 6.20. The van der Waals surface area contributed by atoms with Crippen molar-refractivity contribution < 1.29 is 4.39 Å². The Labute approximate surface area is 130 Å². The number of hydrogen-bond acceptors (Lipinski definition) is 3. The number of nitrogens with one attached hydrogen (secondary N) is 1. The lowest BCUT2D eigenvalue weighted by Gasteiger charge is -2.23. The lowest BCUT2D eigenvalue weighted by atomic mass is 10.1. The number of anilines is 1. The van der Waals surface area contributed by atoms with Gasteiger partial charge in [0.05, 0.1) is 0 Å². The van der Waals surface area contributed by atoms with Crippen molar-refractivity contribution in [3.05, 3.63) is 52.0 Å². The predicted molar refractivity (Wildman–Crippen MR) is 89.7 cm³/mol. The highest BCUT2D eigenvalue weighted by molar-refractivity contribution is 7.09. The Balaban J connectivity index is 2.04. The van der Waals surface area contributed by atoms with Crippen molar-refractivity contribution in [3.8, 4) is 0 Å². The van der Waals surface area contributed by atoms with E-state index in [1.54, 1.807) is 23.5 Å². The highest BCUT2D eigenvalue weighted by Gasteiger charge is 2.11. The Morgan fingerprint density at radius 1 is 1.24 bits per heavy atom. The molecule has 0 saturated heterocycles. The van der Waals surface area contributed by atoms with Crippen molar-refractivity contribution in [1.29, 1.82) is 0 Å². The van der Waals surface area contributed by atoms with Crippen LogP contribution in [0, 0.1) is 5.82 Å². The molecule has 0 bridgehead atoms. The van der Waals surface area contributed by atoms with Gasteiger partial charge in [0.1, 0.15) is 5.82 Å². The normalized spacial score (nSPS) is 10.8. The van der Waals surface area contributed by atoms with E-state index in [2.05, 4.69) is 34.7 Å². The fourth-order valence-corrected chi connectivity index (χ4v) is 3.02. The van der Waals surface area contributed by atoms with Crippen LogP contribution in [0.2, 0.25) is 0 Å². The first-order chi connectivity index (χ1) is 10.2. The Kier molecular flexibility index (Phi) is 6.21. The van der Waals surface area contributed by atoms with Crippen molar-refractivity contribution in [2.75, 3.05) is 25.0 Å². The average Bonchev–Trinajstić information content (AvgIpc) is 3.00.